The summed E-state index contributed by atoms with van der Waals surface area (Å²) in [4.78, 5) is 10.5. The van der Waals surface area contributed by atoms with Crippen molar-refractivity contribution in [3.05, 3.63) is 0 Å². The number of carbonyl (C=O) groups excluding carboxylic acids is 1. The predicted octanol–water partition coefficient (Wildman–Crippen LogP) is -0.519. The van der Waals surface area contributed by atoms with Gasteiger partial charge in [0.15, 0.2) is 6.79 Å². The number of rotatable bonds is 3. The molecule has 0 heterocycles. The van der Waals surface area contributed by atoms with E-state index in [0.717, 1.165) is 0 Å². The Kier molecular flexibility index (Phi) is 4.00. The molecule has 2 N–H and O–H groups in total. The molecule has 9 heavy (non-hydrogen) atoms. The van der Waals surface area contributed by atoms with E-state index in [4.69, 9.17) is 5.73 Å². The standard InChI is InChI=1S/C5H11NO3/c1-4(6)5(7)9-3-8-2/h4H,3,6H2,1-2H3/t4-/m0/s1. The molecular formula is C5H11NO3. The molecule has 0 saturated heterocycles. The van der Waals surface area contributed by atoms with Crippen LogP contribution < -0.4 is 5.73 Å². The minimum Gasteiger partial charge on any atom is -0.437 e. The van der Waals surface area contributed by atoms with Gasteiger partial charge < -0.3 is 15.2 Å². The Morgan fingerprint density at radius 2 is 2.33 bits per heavy atom. The van der Waals surface area contributed by atoms with Gasteiger partial charge in [-0.25, -0.2) is 0 Å². The molecule has 0 rings (SSSR count). The molecule has 1 atom stereocenters. The molecule has 54 valence electrons. The first-order valence-corrected chi connectivity index (χ1v) is 2.59. The van der Waals surface area contributed by atoms with Crippen LogP contribution >= 0.6 is 0 Å². The monoisotopic (exact) mass is 133 g/mol. The molecule has 0 aromatic rings. The number of carbonyl (C=O) groups is 1. The fraction of sp³-hybridized carbons (Fsp3) is 0.800. The molecule has 0 aliphatic rings. The highest BCUT2D eigenvalue weighted by atomic mass is 16.7. The fourth-order valence-corrected chi connectivity index (χ4v) is 0.248. The zero-order valence-electron chi connectivity index (χ0n) is 5.59. The van der Waals surface area contributed by atoms with Crippen molar-refractivity contribution in [3.63, 3.8) is 0 Å². The van der Waals surface area contributed by atoms with Crippen molar-refractivity contribution in [1.29, 1.82) is 0 Å². The number of hydrogen-bond acceptors (Lipinski definition) is 4. The second kappa shape index (κ2) is 4.29. The molecule has 0 aliphatic heterocycles. The van der Waals surface area contributed by atoms with E-state index >= 15 is 0 Å². The Hall–Kier alpha value is -0.610. The summed E-state index contributed by atoms with van der Waals surface area (Å²) in [5.74, 6) is -0.447. The van der Waals surface area contributed by atoms with Crippen molar-refractivity contribution in [2.75, 3.05) is 13.9 Å². The molecule has 0 aromatic heterocycles. The SMILES string of the molecule is COCOC(=O)[C@H](C)N. The maximum absolute atomic E-state index is 10.5. The summed E-state index contributed by atoms with van der Waals surface area (Å²) in [5, 5.41) is 0. The number of hydrogen-bond donors (Lipinski definition) is 1. The van der Waals surface area contributed by atoms with Gasteiger partial charge in [-0.2, -0.15) is 0 Å². The lowest BCUT2D eigenvalue weighted by Crippen LogP contribution is -2.29. The smallest absolute Gasteiger partial charge is 0.324 e. The molecule has 0 radical (unpaired) electrons. The molecular weight excluding hydrogens is 122 g/mol. The minimum absolute atomic E-state index is 0.0274. The van der Waals surface area contributed by atoms with E-state index in [1.54, 1.807) is 6.92 Å². The quantitative estimate of drug-likeness (QED) is 0.415. The van der Waals surface area contributed by atoms with Gasteiger partial charge in [0.25, 0.3) is 0 Å². The van der Waals surface area contributed by atoms with Crippen molar-refractivity contribution in [2.24, 2.45) is 5.73 Å². The first kappa shape index (κ1) is 8.39. The lowest BCUT2D eigenvalue weighted by Gasteiger charge is -2.04. The van der Waals surface area contributed by atoms with Crippen molar-refractivity contribution in [2.45, 2.75) is 13.0 Å². The van der Waals surface area contributed by atoms with Crippen LogP contribution in [0.2, 0.25) is 0 Å². The van der Waals surface area contributed by atoms with Crippen LogP contribution in [0.1, 0.15) is 6.92 Å². The summed E-state index contributed by atoms with van der Waals surface area (Å²) in [7, 11) is 1.44. The maximum atomic E-state index is 10.5. The molecule has 0 amide bonds. The second-order valence-corrected chi connectivity index (χ2v) is 1.66. The number of methoxy groups -OCH3 is 1. The predicted molar refractivity (Wildman–Crippen MR) is 31.6 cm³/mol. The van der Waals surface area contributed by atoms with E-state index in [1.165, 1.54) is 7.11 Å². The number of ether oxygens (including phenoxy) is 2. The van der Waals surface area contributed by atoms with Gasteiger partial charge in [-0.05, 0) is 6.92 Å². The molecule has 0 unspecified atom stereocenters. The summed E-state index contributed by atoms with van der Waals surface area (Å²) in [6, 6.07) is -0.569. The highest BCUT2D eigenvalue weighted by Crippen LogP contribution is 1.82. The van der Waals surface area contributed by atoms with Gasteiger partial charge in [-0.15, -0.1) is 0 Å². The third-order valence-electron chi connectivity index (χ3n) is 0.691. The Morgan fingerprint density at radius 1 is 1.78 bits per heavy atom. The van der Waals surface area contributed by atoms with E-state index in [-0.39, 0.29) is 6.79 Å². The van der Waals surface area contributed by atoms with Crippen molar-refractivity contribution in [3.8, 4) is 0 Å². The highest BCUT2D eigenvalue weighted by Gasteiger charge is 2.06. The fourth-order valence-electron chi connectivity index (χ4n) is 0.248. The second-order valence-electron chi connectivity index (χ2n) is 1.66. The van der Waals surface area contributed by atoms with Crippen molar-refractivity contribution >= 4 is 5.97 Å². The van der Waals surface area contributed by atoms with E-state index in [2.05, 4.69) is 9.47 Å². The topological polar surface area (TPSA) is 61.5 Å². The number of nitrogens with two attached hydrogens (primary N) is 1. The van der Waals surface area contributed by atoms with Crippen LogP contribution in [0.5, 0.6) is 0 Å². The molecule has 4 nitrogen and oxygen atoms in total. The van der Waals surface area contributed by atoms with Crippen LogP contribution in [-0.2, 0) is 14.3 Å². The zero-order valence-corrected chi connectivity index (χ0v) is 5.59. The van der Waals surface area contributed by atoms with Crippen LogP contribution in [0.25, 0.3) is 0 Å². The Bertz CT molecular complexity index is 92.2. The summed E-state index contributed by atoms with van der Waals surface area (Å²) in [6.07, 6.45) is 0. The third kappa shape index (κ3) is 3.93. The molecule has 4 heteroatoms. The Balaban J connectivity index is 3.28. The first-order valence-electron chi connectivity index (χ1n) is 2.59. The van der Waals surface area contributed by atoms with Crippen LogP contribution in [0.4, 0.5) is 0 Å². The third-order valence-corrected chi connectivity index (χ3v) is 0.691. The molecule has 0 aromatic carbocycles. The van der Waals surface area contributed by atoms with Gasteiger partial charge in [-0.1, -0.05) is 0 Å². The lowest BCUT2D eigenvalue weighted by molar-refractivity contribution is -0.155. The molecule has 0 fully saturated rings. The van der Waals surface area contributed by atoms with Crippen LogP contribution in [0.15, 0.2) is 0 Å². The molecule has 0 saturated carbocycles. The average molecular weight is 133 g/mol. The summed E-state index contributed by atoms with van der Waals surface area (Å²) < 4.78 is 8.93. The molecule has 0 bridgehead atoms. The van der Waals surface area contributed by atoms with E-state index in [1.807, 2.05) is 0 Å². The Labute approximate surface area is 53.9 Å². The van der Waals surface area contributed by atoms with Gasteiger partial charge >= 0.3 is 5.97 Å². The summed E-state index contributed by atoms with van der Waals surface area (Å²) >= 11 is 0. The van der Waals surface area contributed by atoms with Crippen molar-refractivity contribution < 1.29 is 14.3 Å². The molecule has 0 spiro atoms. The van der Waals surface area contributed by atoms with E-state index in [9.17, 15) is 4.79 Å². The normalized spacial score (nSPS) is 12.8. The van der Waals surface area contributed by atoms with Crippen molar-refractivity contribution in [1.82, 2.24) is 0 Å². The lowest BCUT2D eigenvalue weighted by atomic mass is 10.4. The van der Waals surface area contributed by atoms with Crippen LogP contribution in [-0.4, -0.2) is 25.9 Å². The van der Waals surface area contributed by atoms with E-state index in [0.29, 0.717) is 0 Å². The number of esters is 1. The summed E-state index contributed by atoms with van der Waals surface area (Å²) in [6.45, 7) is 1.53. The highest BCUT2D eigenvalue weighted by molar-refractivity contribution is 5.74. The summed E-state index contributed by atoms with van der Waals surface area (Å²) in [5.41, 5.74) is 5.15. The average Bonchev–Trinajstić information content (AvgIpc) is 1.82. The van der Waals surface area contributed by atoms with Gasteiger partial charge in [0.05, 0.1) is 0 Å². The van der Waals surface area contributed by atoms with E-state index < -0.39 is 12.0 Å². The minimum atomic E-state index is -0.569. The maximum Gasteiger partial charge on any atom is 0.324 e. The van der Waals surface area contributed by atoms with Crippen LogP contribution in [0, 0.1) is 0 Å². The Morgan fingerprint density at radius 3 is 2.67 bits per heavy atom. The first-order chi connectivity index (χ1) is 4.18. The van der Waals surface area contributed by atoms with Gasteiger partial charge in [0, 0.05) is 7.11 Å². The molecule has 0 aliphatic carbocycles. The van der Waals surface area contributed by atoms with Gasteiger partial charge in [-0.3, -0.25) is 4.79 Å². The largest absolute Gasteiger partial charge is 0.437 e. The zero-order chi connectivity index (χ0) is 7.28. The van der Waals surface area contributed by atoms with Crippen LogP contribution in [0.3, 0.4) is 0 Å². The van der Waals surface area contributed by atoms with Gasteiger partial charge in [0.2, 0.25) is 0 Å². The van der Waals surface area contributed by atoms with Gasteiger partial charge in [0.1, 0.15) is 6.04 Å².